The molecule has 1 N–H and O–H groups in total. The van der Waals surface area contributed by atoms with Crippen LogP contribution in [0.2, 0.25) is 0 Å². The summed E-state index contributed by atoms with van der Waals surface area (Å²) >= 11 is 0. The van der Waals surface area contributed by atoms with Gasteiger partial charge in [0.2, 0.25) is 0 Å². The zero-order valence-electron chi connectivity index (χ0n) is 30.2. The number of fused-ring (bicyclic) bond motifs is 6. The SMILES string of the molecule is C1=Cc2c(c3cc(-c4cccc(-c5cccc(-c6c7ccccc7c(-c7ccc8ccccc8c7)c7ccccc67)c5)c4)ccc3n2-c2ccccc2)CN1. The molecule has 0 bridgehead atoms. The van der Waals surface area contributed by atoms with Gasteiger partial charge in [-0.2, -0.15) is 0 Å². The lowest BCUT2D eigenvalue weighted by molar-refractivity contribution is 0.855. The lowest BCUT2D eigenvalue weighted by atomic mass is 9.85. The molecular formula is C53H36N2. The average Bonchev–Trinajstić information content (AvgIpc) is 3.59. The van der Waals surface area contributed by atoms with Gasteiger partial charge in [0.05, 0.1) is 11.2 Å². The van der Waals surface area contributed by atoms with Crippen molar-refractivity contribution in [2.45, 2.75) is 6.54 Å². The maximum atomic E-state index is 3.45. The molecule has 0 fully saturated rings. The highest BCUT2D eigenvalue weighted by molar-refractivity contribution is 6.21. The molecule has 1 aromatic heterocycles. The normalized spacial score (nSPS) is 12.4. The van der Waals surface area contributed by atoms with Gasteiger partial charge < -0.3 is 9.88 Å². The van der Waals surface area contributed by atoms with E-state index < -0.39 is 0 Å². The third-order valence-corrected chi connectivity index (χ3v) is 11.4. The van der Waals surface area contributed by atoms with Crippen molar-refractivity contribution in [1.29, 1.82) is 0 Å². The number of nitrogens with zero attached hydrogens (tertiary/aromatic N) is 1. The van der Waals surface area contributed by atoms with E-state index in [4.69, 9.17) is 0 Å². The maximum Gasteiger partial charge on any atom is 0.0538 e. The van der Waals surface area contributed by atoms with Crippen LogP contribution in [-0.4, -0.2) is 4.57 Å². The van der Waals surface area contributed by atoms with Crippen LogP contribution in [0.5, 0.6) is 0 Å². The van der Waals surface area contributed by atoms with Gasteiger partial charge in [0.1, 0.15) is 0 Å². The van der Waals surface area contributed by atoms with E-state index in [1.165, 1.54) is 105 Å². The molecular weight excluding hydrogens is 665 g/mol. The van der Waals surface area contributed by atoms with Gasteiger partial charge in [-0.3, -0.25) is 0 Å². The summed E-state index contributed by atoms with van der Waals surface area (Å²) in [5.41, 5.74) is 14.8. The average molecular weight is 701 g/mol. The molecule has 0 saturated heterocycles. The van der Waals surface area contributed by atoms with Gasteiger partial charge in [0, 0.05) is 23.2 Å². The molecule has 9 aromatic carbocycles. The number of para-hydroxylation sites is 1. The Kier molecular flexibility index (Phi) is 7.28. The molecule has 0 spiro atoms. The second-order valence-electron chi connectivity index (χ2n) is 14.5. The zero-order chi connectivity index (χ0) is 36.3. The van der Waals surface area contributed by atoms with E-state index in [2.05, 4.69) is 210 Å². The van der Waals surface area contributed by atoms with Crippen molar-refractivity contribution in [3.05, 3.63) is 206 Å². The predicted octanol–water partition coefficient (Wildman–Crippen LogP) is 13.8. The van der Waals surface area contributed by atoms with E-state index in [0.717, 1.165) is 6.54 Å². The van der Waals surface area contributed by atoms with Crippen LogP contribution in [0, 0.1) is 0 Å². The largest absolute Gasteiger partial charge is 0.387 e. The first-order valence-electron chi connectivity index (χ1n) is 19.1. The number of nitrogens with one attached hydrogen (secondary N) is 1. The quantitative estimate of drug-likeness (QED) is 0.177. The number of hydrogen-bond donors (Lipinski definition) is 1. The molecule has 0 radical (unpaired) electrons. The van der Waals surface area contributed by atoms with Crippen molar-refractivity contribution in [3.63, 3.8) is 0 Å². The fourth-order valence-electron chi connectivity index (χ4n) is 8.90. The summed E-state index contributed by atoms with van der Waals surface area (Å²) in [7, 11) is 0. The fraction of sp³-hybridized carbons (Fsp3) is 0.0189. The van der Waals surface area contributed by atoms with Crippen LogP contribution in [-0.2, 0) is 6.54 Å². The summed E-state index contributed by atoms with van der Waals surface area (Å²) in [6.07, 6.45) is 4.26. The summed E-state index contributed by atoms with van der Waals surface area (Å²) < 4.78 is 2.38. The number of aromatic nitrogens is 1. The van der Waals surface area contributed by atoms with Crippen molar-refractivity contribution in [2.24, 2.45) is 0 Å². The van der Waals surface area contributed by atoms with Gasteiger partial charge >= 0.3 is 0 Å². The van der Waals surface area contributed by atoms with Crippen molar-refractivity contribution >= 4 is 49.3 Å². The Hall–Kier alpha value is -7.16. The second kappa shape index (κ2) is 12.8. The van der Waals surface area contributed by atoms with Crippen molar-refractivity contribution in [1.82, 2.24) is 9.88 Å². The van der Waals surface area contributed by atoms with Gasteiger partial charge in [-0.1, -0.05) is 146 Å². The minimum absolute atomic E-state index is 0.811. The molecule has 1 aliphatic rings. The Morgan fingerprint density at radius 1 is 0.382 bits per heavy atom. The smallest absolute Gasteiger partial charge is 0.0538 e. The molecule has 2 nitrogen and oxygen atoms in total. The van der Waals surface area contributed by atoms with Gasteiger partial charge in [-0.05, 0) is 132 Å². The lowest BCUT2D eigenvalue weighted by Crippen LogP contribution is -2.10. The van der Waals surface area contributed by atoms with Crippen LogP contribution in [0.15, 0.2) is 194 Å². The molecule has 11 rings (SSSR count). The zero-order valence-corrected chi connectivity index (χ0v) is 30.2. The first kappa shape index (κ1) is 31.4. The summed E-state index contributed by atoms with van der Waals surface area (Å²) in [6.45, 7) is 0.811. The molecule has 2 heteroatoms. The molecule has 0 saturated carbocycles. The second-order valence-corrected chi connectivity index (χ2v) is 14.5. The highest BCUT2D eigenvalue weighted by atomic mass is 15.0. The van der Waals surface area contributed by atoms with Crippen molar-refractivity contribution in [2.75, 3.05) is 0 Å². The highest BCUT2D eigenvalue weighted by Gasteiger charge is 2.20. The minimum Gasteiger partial charge on any atom is -0.387 e. The van der Waals surface area contributed by atoms with E-state index in [0.29, 0.717) is 0 Å². The Morgan fingerprint density at radius 2 is 0.909 bits per heavy atom. The monoisotopic (exact) mass is 700 g/mol. The van der Waals surface area contributed by atoms with Crippen LogP contribution in [0.4, 0.5) is 0 Å². The Labute approximate surface area is 320 Å². The first-order valence-corrected chi connectivity index (χ1v) is 19.1. The summed E-state index contributed by atoms with van der Waals surface area (Å²) in [4.78, 5) is 0. The van der Waals surface area contributed by atoms with E-state index in [1.807, 2.05) is 0 Å². The van der Waals surface area contributed by atoms with Crippen LogP contribution in [0.1, 0.15) is 11.3 Å². The van der Waals surface area contributed by atoms with Crippen LogP contribution in [0.3, 0.4) is 0 Å². The topological polar surface area (TPSA) is 17.0 Å². The van der Waals surface area contributed by atoms with Crippen LogP contribution < -0.4 is 5.32 Å². The molecule has 10 aromatic rings. The maximum absolute atomic E-state index is 3.45. The molecule has 0 unspecified atom stereocenters. The van der Waals surface area contributed by atoms with Crippen molar-refractivity contribution in [3.8, 4) is 50.2 Å². The molecule has 1 aliphatic heterocycles. The lowest BCUT2D eigenvalue weighted by Gasteiger charge is -2.18. The van der Waals surface area contributed by atoms with Crippen molar-refractivity contribution < 1.29 is 0 Å². The molecule has 0 amide bonds. The standard InChI is InChI=1S/C53H36N2/c1-2-18-43(19-3-1)55-50-27-26-40(33-48(50)49-34-54-29-28-51(49)55)38-15-10-14-37(30-38)39-16-11-17-41(32-39)52-44-20-6-8-22-46(44)53(47-23-9-7-21-45(47)52)42-25-24-35-12-4-5-13-36(35)31-42/h1-33,54H,34H2. The molecule has 2 heterocycles. The molecule has 55 heavy (non-hydrogen) atoms. The summed E-state index contributed by atoms with van der Waals surface area (Å²) in [5, 5.41) is 12.3. The Balaban J connectivity index is 1.03. The van der Waals surface area contributed by atoms with E-state index in [1.54, 1.807) is 0 Å². The minimum atomic E-state index is 0.811. The molecule has 0 atom stereocenters. The van der Waals surface area contributed by atoms with E-state index >= 15 is 0 Å². The Morgan fingerprint density at radius 3 is 1.58 bits per heavy atom. The number of benzene rings is 9. The van der Waals surface area contributed by atoms with Crippen LogP contribution in [0.25, 0.3) is 99.5 Å². The molecule has 258 valence electrons. The van der Waals surface area contributed by atoms with Gasteiger partial charge in [-0.15, -0.1) is 0 Å². The van der Waals surface area contributed by atoms with Gasteiger partial charge in [0.25, 0.3) is 0 Å². The van der Waals surface area contributed by atoms with E-state index in [9.17, 15) is 0 Å². The fourth-order valence-corrected chi connectivity index (χ4v) is 8.90. The first-order chi connectivity index (χ1) is 27.3. The van der Waals surface area contributed by atoms with Gasteiger partial charge in [-0.25, -0.2) is 0 Å². The third kappa shape index (κ3) is 5.18. The predicted molar refractivity (Wildman–Crippen MR) is 233 cm³/mol. The summed E-state index contributed by atoms with van der Waals surface area (Å²) in [5.74, 6) is 0. The third-order valence-electron chi connectivity index (χ3n) is 11.4. The number of rotatable bonds is 5. The summed E-state index contributed by atoms with van der Waals surface area (Å²) in [6, 6.07) is 69.1. The van der Waals surface area contributed by atoms with E-state index in [-0.39, 0.29) is 0 Å². The van der Waals surface area contributed by atoms with Gasteiger partial charge in [0.15, 0.2) is 0 Å². The number of hydrogen-bond acceptors (Lipinski definition) is 1. The highest BCUT2D eigenvalue weighted by Crippen LogP contribution is 2.45. The molecule has 0 aliphatic carbocycles. The van der Waals surface area contributed by atoms with Crippen LogP contribution >= 0.6 is 0 Å². The Bertz CT molecular complexity index is 3090.